The lowest BCUT2D eigenvalue weighted by Gasteiger charge is -2.50. The second kappa shape index (κ2) is 27.0. The molecule has 20 heteroatoms. The van der Waals surface area contributed by atoms with Crippen LogP contribution in [-0.4, -0.2) is 159 Å². The van der Waals surface area contributed by atoms with E-state index in [1.165, 1.54) is 26.6 Å². The normalized spacial score (nSPS) is 27.6. The Morgan fingerprint density at radius 3 is 2.36 bits per heavy atom. The summed E-state index contributed by atoms with van der Waals surface area (Å²) in [6.07, 6.45) is 4.10. The topological polar surface area (TPSA) is 287 Å². The number of aliphatic hydroxyl groups is 5. The highest BCUT2D eigenvalue weighted by Gasteiger charge is 2.68. The van der Waals surface area contributed by atoms with Gasteiger partial charge in [0.1, 0.15) is 30.3 Å². The molecule has 396 valence electrons. The lowest BCUT2D eigenvalue weighted by molar-refractivity contribution is -0.334. The Bertz CT molecular complexity index is 2080. The number of carbonyl (C=O) groups excluding carboxylic acids is 1. The van der Waals surface area contributed by atoms with Crippen molar-refractivity contribution in [1.29, 1.82) is 5.26 Å². The third-order valence-electron chi connectivity index (χ3n) is 14.0. The number of oxazole rings is 1. The van der Waals surface area contributed by atoms with Crippen molar-refractivity contribution in [1.82, 2.24) is 15.2 Å². The lowest BCUT2D eigenvalue weighted by Crippen LogP contribution is -2.58. The van der Waals surface area contributed by atoms with Gasteiger partial charge in [0.15, 0.2) is 17.8 Å². The van der Waals surface area contributed by atoms with E-state index in [2.05, 4.69) is 10.3 Å². The van der Waals surface area contributed by atoms with E-state index in [1.54, 1.807) is 45.8 Å². The largest absolute Gasteiger partial charge is 0.469 e. The van der Waals surface area contributed by atoms with E-state index in [0.29, 0.717) is 18.0 Å². The molecule has 0 radical (unpaired) electrons. The number of nitriles is 1. The average Bonchev–Trinajstić information content (AvgIpc) is 3.84. The maximum absolute atomic E-state index is 12.6. The van der Waals surface area contributed by atoms with Gasteiger partial charge in [-0.1, -0.05) is 77.5 Å². The number of aliphatic hydroxyl groups excluding tert-OH is 5. The number of likely N-dealkylation sites (N-methyl/N-ethyl adjacent to an activating group) is 1. The van der Waals surface area contributed by atoms with Crippen molar-refractivity contribution >= 4 is 19.8 Å². The second-order valence-corrected chi connectivity index (χ2v) is 21.1. The molecular formula is C50H81N4O15P. The zero-order valence-electron chi connectivity index (χ0n) is 43.1. The molecule has 15 atom stereocenters. The highest BCUT2D eigenvalue weighted by molar-refractivity contribution is 7.46. The van der Waals surface area contributed by atoms with E-state index in [9.17, 15) is 44.7 Å². The highest BCUT2D eigenvalue weighted by atomic mass is 31.2. The zero-order valence-corrected chi connectivity index (χ0v) is 44.0. The first-order valence-corrected chi connectivity index (χ1v) is 25.4. The lowest BCUT2D eigenvalue weighted by atomic mass is 9.72. The summed E-state index contributed by atoms with van der Waals surface area (Å²) in [6, 6.07) is 1.40. The summed E-state index contributed by atoms with van der Waals surface area (Å²) in [5, 5.41) is 67.1. The van der Waals surface area contributed by atoms with E-state index < -0.39 is 97.7 Å². The fourth-order valence-electron chi connectivity index (χ4n) is 8.96. The van der Waals surface area contributed by atoms with Gasteiger partial charge in [-0.25, -0.2) is 9.55 Å². The van der Waals surface area contributed by atoms with Gasteiger partial charge in [-0.05, 0) is 64.9 Å². The van der Waals surface area contributed by atoms with Crippen molar-refractivity contribution in [2.45, 2.75) is 161 Å². The summed E-state index contributed by atoms with van der Waals surface area (Å²) in [6.45, 7) is 16.6. The van der Waals surface area contributed by atoms with Gasteiger partial charge in [-0.15, -0.1) is 0 Å². The number of allylic oxidation sites excluding steroid dienone is 7. The molecule has 2 fully saturated rings. The maximum Gasteiger partial charge on any atom is 0.469 e. The van der Waals surface area contributed by atoms with Crippen molar-refractivity contribution in [3.63, 3.8) is 0 Å². The quantitative estimate of drug-likeness (QED) is 0.0355. The van der Waals surface area contributed by atoms with Gasteiger partial charge >= 0.3 is 7.82 Å². The minimum atomic E-state index is -5.15. The van der Waals surface area contributed by atoms with Crippen LogP contribution in [0.5, 0.6) is 0 Å². The fraction of sp³-hybridized carbons (Fsp3) is 0.700. The SMILES string of the molecule is COC[C@H]([C@@H](O)[C@@H](O)C(=O)NCC[C@@H](C)c1nc(/C=C/C[C@H]2OC3(C[C@H](O)[C@H]2C)O[C@@H]([C@@H](C[C@@H](O)[C@@H](C)[C@@H](O)[C@@H](C)/C=C(C)/C(C)=C/C=C/C(C)=C/C#N)OC)[C@@H](OP(=O)(O)O)C3(C)C)co1)N(C)C. The van der Waals surface area contributed by atoms with Crippen molar-refractivity contribution < 1.29 is 72.6 Å². The van der Waals surface area contributed by atoms with Gasteiger partial charge in [-0.3, -0.25) is 9.32 Å². The van der Waals surface area contributed by atoms with Crippen LogP contribution < -0.4 is 5.32 Å². The van der Waals surface area contributed by atoms with E-state index in [4.69, 9.17) is 33.2 Å². The van der Waals surface area contributed by atoms with Gasteiger partial charge in [0, 0.05) is 68.8 Å². The first-order valence-electron chi connectivity index (χ1n) is 23.8. The maximum atomic E-state index is 12.6. The standard InChI is InChI=1S/C50H81N4O15P/c1-29(20-22-51)16-14-17-30(2)32(4)24-33(5)42(57)35(7)38(55)25-41(65-13)45-46(69-70(61,62)63)49(8,9)50(68-45)26-39(56)34(6)40(67-50)19-15-18-36-27-66-48(53-36)31(3)21-23-52-47(60)44(59)43(58)37(28-64-12)54(10)11/h14-18,20,24,27,31,33-35,37-46,55-59H,19,21,23,25-26,28H2,1-13H3,(H,52,60)(H2,61,62,63)/b16-14+,18-15+,29-20+,30-17+,32-24+/t31-,33+,34-,35-,37-,38-,39+,40-,41-,42+,43-,44-,45+,46-,50?/m1/s1. The van der Waals surface area contributed by atoms with Crippen LogP contribution in [0.3, 0.4) is 0 Å². The average molecular weight is 1010 g/mol. The van der Waals surface area contributed by atoms with Gasteiger partial charge in [0.05, 0.1) is 49.2 Å². The van der Waals surface area contributed by atoms with Crippen LogP contribution in [0.1, 0.15) is 105 Å². The number of amides is 1. The number of hydrogen-bond acceptors (Lipinski definition) is 16. The van der Waals surface area contributed by atoms with Crippen LogP contribution in [0.25, 0.3) is 6.08 Å². The van der Waals surface area contributed by atoms with Crippen LogP contribution in [0.4, 0.5) is 0 Å². The number of nitrogens with one attached hydrogen (secondary N) is 1. The number of phosphoric ester groups is 1. The molecule has 3 rings (SSSR count). The molecule has 1 aromatic rings. The van der Waals surface area contributed by atoms with Crippen LogP contribution >= 0.6 is 7.82 Å². The number of methoxy groups -OCH3 is 2. The van der Waals surface area contributed by atoms with Crippen molar-refractivity contribution in [3.8, 4) is 6.07 Å². The van der Waals surface area contributed by atoms with E-state index in [-0.39, 0.29) is 44.2 Å². The molecule has 3 heterocycles. The Morgan fingerprint density at radius 1 is 1.09 bits per heavy atom. The van der Waals surface area contributed by atoms with Crippen molar-refractivity contribution in [2.75, 3.05) is 41.5 Å². The summed E-state index contributed by atoms with van der Waals surface area (Å²) in [7, 11) is 1.12. The minimum absolute atomic E-state index is 0.0645. The van der Waals surface area contributed by atoms with Gasteiger partial charge < -0.3 is 68.9 Å². The molecule has 0 aromatic carbocycles. The summed E-state index contributed by atoms with van der Waals surface area (Å²) in [5.41, 5.74) is 1.87. The smallest absolute Gasteiger partial charge is 0.448 e. The molecule has 1 spiro atoms. The summed E-state index contributed by atoms with van der Waals surface area (Å²) in [4.78, 5) is 39.2. The second-order valence-electron chi connectivity index (χ2n) is 19.9. The molecule has 0 aliphatic carbocycles. The molecule has 2 aliphatic heterocycles. The number of ether oxygens (including phenoxy) is 4. The number of hydrogen-bond donors (Lipinski definition) is 8. The zero-order chi connectivity index (χ0) is 52.9. The Kier molecular flexibility index (Phi) is 23.5. The van der Waals surface area contributed by atoms with Crippen LogP contribution in [0, 0.1) is 34.5 Å². The Hall–Kier alpha value is -3.42. The van der Waals surface area contributed by atoms with Crippen molar-refractivity contribution in [3.05, 3.63) is 71.0 Å². The molecule has 1 amide bonds. The molecule has 70 heavy (non-hydrogen) atoms. The first-order chi connectivity index (χ1) is 32.6. The molecule has 1 aromatic heterocycles. The molecule has 0 bridgehead atoms. The number of nitrogens with zero attached hydrogens (tertiary/aromatic N) is 3. The number of carbonyl (C=O) groups is 1. The molecule has 0 saturated carbocycles. The molecular weight excluding hydrogens is 928 g/mol. The van der Waals surface area contributed by atoms with Crippen LogP contribution in [0.15, 0.2) is 63.9 Å². The Morgan fingerprint density at radius 2 is 1.76 bits per heavy atom. The Balaban J connectivity index is 1.74. The van der Waals surface area contributed by atoms with Crippen LogP contribution in [0.2, 0.25) is 0 Å². The predicted molar refractivity (Wildman–Crippen MR) is 262 cm³/mol. The highest BCUT2D eigenvalue weighted by Crippen LogP contribution is 2.59. The summed E-state index contributed by atoms with van der Waals surface area (Å²) in [5.74, 6) is -3.63. The monoisotopic (exact) mass is 1010 g/mol. The number of aromatic nitrogens is 1. The minimum Gasteiger partial charge on any atom is -0.448 e. The van der Waals surface area contributed by atoms with E-state index in [1.807, 2.05) is 78.0 Å². The summed E-state index contributed by atoms with van der Waals surface area (Å²) < 4.78 is 48.2. The van der Waals surface area contributed by atoms with E-state index in [0.717, 1.165) is 16.7 Å². The molecule has 19 nitrogen and oxygen atoms in total. The van der Waals surface area contributed by atoms with Gasteiger partial charge in [-0.2, -0.15) is 5.26 Å². The van der Waals surface area contributed by atoms with E-state index >= 15 is 0 Å². The molecule has 8 N–H and O–H groups in total. The van der Waals surface area contributed by atoms with Gasteiger partial charge in [0.25, 0.3) is 5.91 Å². The van der Waals surface area contributed by atoms with Crippen LogP contribution in [-0.2, 0) is 32.8 Å². The first kappa shape index (κ1) is 60.9. The molecule has 1 unspecified atom stereocenters. The number of rotatable bonds is 26. The van der Waals surface area contributed by atoms with Gasteiger partial charge in [0.2, 0.25) is 0 Å². The third-order valence-corrected chi connectivity index (χ3v) is 14.5. The predicted octanol–water partition coefficient (Wildman–Crippen LogP) is 4.69. The number of phosphoric acid groups is 1. The fourth-order valence-corrected chi connectivity index (χ4v) is 9.64. The Labute approximate surface area is 414 Å². The molecule has 2 aliphatic rings. The van der Waals surface area contributed by atoms with Crippen molar-refractivity contribution in [2.24, 2.45) is 23.2 Å². The molecule has 2 saturated heterocycles. The summed E-state index contributed by atoms with van der Waals surface area (Å²) >= 11 is 0. The third kappa shape index (κ3) is 16.3.